The summed E-state index contributed by atoms with van der Waals surface area (Å²) < 4.78 is 50.8. The van der Waals surface area contributed by atoms with Crippen molar-refractivity contribution in [1.29, 1.82) is 0 Å². The van der Waals surface area contributed by atoms with Crippen molar-refractivity contribution in [3.05, 3.63) is 35.1 Å². The van der Waals surface area contributed by atoms with E-state index in [2.05, 4.69) is 0 Å². The average Bonchev–Trinajstić information content (AvgIpc) is 2.04. The van der Waals surface area contributed by atoms with Crippen molar-refractivity contribution in [3.8, 4) is 0 Å². The molecule has 0 atom stereocenters. The van der Waals surface area contributed by atoms with E-state index < -0.39 is 17.6 Å². The molecule has 0 aliphatic carbocycles. The molecule has 0 spiro atoms. The maximum atomic E-state index is 13.6. The highest BCUT2D eigenvalue weighted by molar-refractivity contribution is 5.28. The summed E-state index contributed by atoms with van der Waals surface area (Å²) in [4.78, 5) is 0. The molecule has 0 aliphatic heterocycles. The predicted octanol–water partition coefficient (Wildman–Crippen LogP) is 4.43. The summed E-state index contributed by atoms with van der Waals surface area (Å²) in [5.41, 5.74) is -1.32. The summed E-state index contributed by atoms with van der Waals surface area (Å²) in [7, 11) is 0. The zero-order valence-electron chi connectivity index (χ0n) is 9.45. The van der Waals surface area contributed by atoms with E-state index >= 15 is 0 Å². The molecule has 1 aromatic rings. The van der Waals surface area contributed by atoms with Crippen LogP contribution in [0, 0.1) is 11.2 Å². The summed E-state index contributed by atoms with van der Waals surface area (Å²) in [5.74, 6) is -1.15. The molecule has 1 rings (SSSR count). The molecule has 0 amide bonds. The summed E-state index contributed by atoms with van der Waals surface area (Å²) in [6, 6.07) is 3.41. The number of halogens is 4. The van der Waals surface area contributed by atoms with Gasteiger partial charge < -0.3 is 0 Å². The van der Waals surface area contributed by atoms with Crippen molar-refractivity contribution < 1.29 is 17.6 Å². The summed E-state index contributed by atoms with van der Waals surface area (Å²) in [6.07, 6.45) is -4.35. The van der Waals surface area contributed by atoms with Gasteiger partial charge in [-0.1, -0.05) is 32.9 Å². The average molecular weight is 234 g/mol. The Morgan fingerprint density at radius 2 is 1.62 bits per heavy atom. The number of hydrogen-bond acceptors (Lipinski definition) is 0. The molecule has 0 nitrogen and oxygen atoms in total. The number of benzene rings is 1. The van der Waals surface area contributed by atoms with Gasteiger partial charge in [0.2, 0.25) is 0 Å². The minimum atomic E-state index is -4.63. The Labute approximate surface area is 92.3 Å². The molecular formula is C12H14F4. The minimum absolute atomic E-state index is 0.113. The normalized spacial score (nSPS) is 12.9. The van der Waals surface area contributed by atoms with Gasteiger partial charge in [0.25, 0.3) is 0 Å². The van der Waals surface area contributed by atoms with E-state index in [0.29, 0.717) is 0 Å². The van der Waals surface area contributed by atoms with Gasteiger partial charge in [-0.15, -0.1) is 0 Å². The van der Waals surface area contributed by atoms with Gasteiger partial charge in [-0.05, 0) is 23.5 Å². The van der Waals surface area contributed by atoms with Crippen LogP contribution in [0.5, 0.6) is 0 Å². The van der Waals surface area contributed by atoms with E-state index in [1.54, 1.807) is 0 Å². The quantitative estimate of drug-likeness (QED) is 0.630. The maximum absolute atomic E-state index is 13.6. The van der Waals surface area contributed by atoms with Gasteiger partial charge in [0.15, 0.2) is 0 Å². The van der Waals surface area contributed by atoms with E-state index in [-0.39, 0.29) is 17.4 Å². The van der Waals surface area contributed by atoms with Crippen LogP contribution < -0.4 is 0 Å². The number of alkyl halides is 3. The van der Waals surface area contributed by atoms with Crippen molar-refractivity contribution in [1.82, 2.24) is 0 Å². The Hall–Kier alpha value is -1.06. The lowest BCUT2D eigenvalue weighted by Crippen LogP contribution is -2.14. The predicted molar refractivity (Wildman–Crippen MR) is 54.6 cm³/mol. The van der Waals surface area contributed by atoms with Gasteiger partial charge in [-0.25, -0.2) is 4.39 Å². The summed E-state index contributed by atoms with van der Waals surface area (Å²) in [6.45, 7) is 5.56. The second-order valence-corrected chi connectivity index (χ2v) is 5.01. The molecule has 4 heteroatoms. The van der Waals surface area contributed by atoms with Crippen molar-refractivity contribution in [3.63, 3.8) is 0 Å². The molecule has 0 aliphatic rings. The molecule has 0 N–H and O–H groups in total. The molecule has 0 bridgehead atoms. The largest absolute Gasteiger partial charge is 0.419 e. The molecule has 1 aromatic carbocycles. The first-order valence-corrected chi connectivity index (χ1v) is 4.96. The van der Waals surface area contributed by atoms with Crippen molar-refractivity contribution in [2.45, 2.75) is 33.4 Å². The Morgan fingerprint density at radius 3 is 2.06 bits per heavy atom. The number of rotatable bonds is 1. The van der Waals surface area contributed by atoms with Crippen LogP contribution in [0.15, 0.2) is 18.2 Å². The van der Waals surface area contributed by atoms with Gasteiger partial charge in [0, 0.05) is 0 Å². The van der Waals surface area contributed by atoms with Crippen LogP contribution >= 0.6 is 0 Å². The van der Waals surface area contributed by atoms with Crippen molar-refractivity contribution in [2.24, 2.45) is 5.41 Å². The first kappa shape index (κ1) is 13.0. The van der Waals surface area contributed by atoms with Crippen molar-refractivity contribution in [2.75, 3.05) is 0 Å². The zero-order chi connectivity index (χ0) is 12.6. The van der Waals surface area contributed by atoms with Gasteiger partial charge >= 0.3 is 6.18 Å². The highest BCUT2D eigenvalue weighted by Gasteiger charge is 2.35. The van der Waals surface area contributed by atoms with E-state index in [1.807, 2.05) is 20.8 Å². The monoisotopic (exact) mass is 234 g/mol. The number of hydrogen-bond donors (Lipinski definition) is 0. The topological polar surface area (TPSA) is 0 Å². The molecule has 0 fully saturated rings. The lowest BCUT2D eigenvalue weighted by atomic mass is 9.87. The second-order valence-electron chi connectivity index (χ2n) is 5.01. The first-order chi connectivity index (χ1) is 7.11. The molecule has 90 valence electrons. The maximum Gasteiger partial charge on any atom is 0.419 e. The van der Waals surface area contributed by atoms with Crippen LogP contribution in [0.2, 0.25) is 0 Å². The fourth-order valence-electron chi connectivity index (χ4n) is 1.51. The van der Waals surface area contributed by atoms with Gasteiger partial charge in [-0.3, -0.25) is 0 Å². The van der Waals surface area contributed by atoms with Crippen molar-refractivity contribution >= 4 is 0 Å². The van der Waals surface area contributed by atoms with Crippen LogP contribution in [0.25, 0.3) is 0 Å². The fourth-order valence-corrected chi connectivity index (χ4v) is 1.51. The second kappa shape index (κ2) is 4.07. The van der Waals surface area contributed by atoms with E-state index in [9.17, 15) is 17.6 Å². The molecule has 0 heterocycles. The van der Waals surface area contributed by atoms with E-state index in [1.165, 1.54) is 12.1 Å². The molecule has 0 saturated heterocycles. The lowest BCUT2D eigenvalue weighted by Gasteiger charge is -2.19. The fraction of sp³-hybridized carbons (Fsp3) is 0.500. The third-order valence-electron chi connectivity index (χ3n) is 2.10. The minimum Gasteiger partial charge on any atom is -0.206 e. The molecule has 16 heavy (non-hydrogen) atoms. The standard InChI is InChI=1S/C12H14F4/c1-11(2,3)7-8-5-4-6-9(10(8)13)12(14,15)16/h4-6H,7H2,1-3H3. The Kier molecular flexibility index (Phi) is 3.31. The zero-order valence-corrected chi connectivity index (χ0v) is 9.45. The third kappa shape index (κ3) is 3.22. The Morgan fingerprint density at radius 1 is 1.06 bits per heavy atom. The molecule has 0 saturated carbocycles. The molecule has 0 aromatic heterocycles. The SMILES string of the molecule is CC(C)(C)Cc1cccc(C(F)(F)F)c1F. The third-order valence-corrected chi connectivity index (χ3v) is 2.10. The highest BCUT2D eigenvalue weighted by atomic mass is 19.4. The lowest BCUT2D eigenvalue weighted by molar-refractivity contribution is -0.140. The van der Waals surface area contributed by atoms with Gasteiger partial charge in [-0.2, -0.15) is 13.2 Å². The van der Waals surface area contributed by atoms with Crippen LogP contribution in [0.3, 0.4) is 0 Å². The van der Waals surface area contributed by atoms with Gasteiger partial charge in [0.05, 0.1) is 5.56 Å². The van der Waals surface area contributed by atoms with Gasteiger partial charge in [0.1, 0.15) is 5.82 Å². The smallest absolute Gasteiger partial charge is 0.206 e. The molecule has 0 radical (unpaired) electrons. The van der Waals surface area contributed by atoms with Crippen LogP contribution in [0.1, 0.15) is 31.9 Å². The Bertz CT molecular complexity index is 372. The van der Waals surface area contributed by atoms with E-state index in [4.69, 9.17) is 0 Å². The summed E-state index contributed by atoms with van der Waals surface area (Å²) in [5, 5.41) is 0. The first-order valence-electron chi connectivity index (χ1n) is 4.96. The molecule has 0 unspecified atom stereocenters. The highest BCUT2D eigenvalue weighted by Crippen LogP contribution is 2.33. The van der Waals surface area contributed by atoms with Crippen LogP contribution in [-0.4, -0.2) is 0 Å². The van der Waals surface area contributed by atoms with Crippen LogP contribution in [0.4, 0.5) is 17.6 Å². The van der Waals surface area contributed by atoms with Crippen LogP contribution in [-0.2, 0) is 12.6 Å². The van der Waals surface area contributed by atoms with E-state index in [0.717, 1.165) is 6.07 Å². The summed E-state index contributed by atoms with van der Waals surface area (Å²) >= 11 is 0. The molecular weight excluding hydrogens is 220 g/mol. The Balaban J connectivity index is 3.15.